The topological polar surface area (TPSA) is 73.1 Å². The molecule has 1 amide bonds. The van der Waals surface area contributed by atoms with Gasteiger partial charge in [0, 0.05) is 18.3 Å². The van der Waals surface area contributed by atoms with E-state index in [0.717, 1.165) is 5.56 Å². The third-order valence-electron chi connectivity index (χ3n) is 4.36. The summed E-state index contributed by atoms with van der Waals surface area (Å²) < 4.78 is 7.58. The summed E-state index contributed by atoms with van der Waals surface area (Å²) in [5.74, 6) is 0.527. The van der Waals surface area contributed by atoms with Gasteiger partial charge in [-0.25, -0.2) is 14.6 Å². The molecule has 7 heteroatoms. The van der Waals surface area contributed by atoms with Crippen molar-refractivity contribution in [3.63, 3.8) is 0 Å². The highest BCUT2D eigenvalue weighted by molar-refractivity contribution is 5.94. The Morgan fingerprint density at radius 2 is 2.04 bits per heavy atom. The molecule has 1 aliphatic rings. The molecule has 26 heavy (non-hydrogen) atoms. The predicted molar refractivity (Wildman–Crippen MR) is 94.8 cm³/mol. The summed E-state index contributed by atoms with van der Waals surface area (Å²) in [6.07, 6.45) is 4.45. The van der Waals surface area contributed by atoms with Crippen LogP contribution in [0.1, 0.15) is 28.9 Å². The molecule has 1 fully saturated rings. The quantitative estimate of drug-likeness (QED) is 0.725. The fourth-order valence-corrected chi connectivity index (χ4v) is 3.15. The van der Waals surface area contributed by atoms with E-state index in [9.17, 15) is 4.79 Å². The van der Waals surface area contributed by atoms with Crippen molar-refractivity contribution in [2.45, 2.75) is 19.1 Å². The Hall–Kier alpha value is -3.06. The number of carbonyl (C=O) groups excluding carboxylic acids is 1. The van der Waals surface area contributed by atoms with E-state index in [1.165, 1.54) is 11.0 Å². The predicted octanol–water partition coefficient (Wildman–Crippen LogP) is 2.26. The van der Waals surface area contributed by atoms with Crippen molar-refractivity contribution in [1.29, 1.82) is 0 Å². The minimum absolute atomic E-state index is 0.0328. The van der Waals surface area contributed by atoms with Gasteiger partial charge in [-0.1, -0.05) is 30.3 Å². The van der Waals surface area contributed by atoms with Gasteiger partial charge in [0.05, 0.1) is 12.6 Å². The Bertz CT molecular complexity index is 882. The van der Waals surface area contributed by atoms with Gasteiger partial charge in [0.1, 0.15) is 18.8 Å². The number of aromatic nitrogens is 4. The van der Waals surface area contributed by atoms with E-state index < -0.39 is 0 Å². The number of nitrogens with zero attached hydrogens (tertiary/aromatic N) is 5. The summed E-state index contributed by atoms with van der Waals surface area (Å²) in [6.45, 7) is 3.07. The number of hydrogen-bond acceptors (Lipinski definition) is 5. The molecule has 2 atom stereocenters. The van der Waals surface area contributed by atoms with Crippen molar-refractivity contribution in [3.05, 3.63) is 72.4 Å². The molecule has 0 saturated carbocycles. The fourth-order valence-electron chi connectivity index (χ4n) is 3.15. The molecule has 0 radical (unpaired) electrons. The van der Waals surface area contributed by atoms with Gasteiger partial charge in [0.2, 0.25) is 0 Å². The zero-order valence-corrected chi connectivity index (χ0v) is 14.4. The molecule has 3 heterocycles. The number of benzene rings is 1. The first-order chi connectivity index (χ1) is 12.7. The summed E-state index contributed by atoms with van der Waals surface area (Å²) in [7, 11) is 0. The number of morpholine rings is 1. The Morgan fingerprint density at radius 3 is 2.81 bits per heavy atom. The monoisotopic (exact) mass is 349 g/mol. The Labute approximate surface area is 151 Å². The lowest BCUT2D eigenvalue weighted by Crippen LogP contribution is -2.46. The van der Waals surface area contributed by atoms with Crippen molar-refractivity contribution < 1.29 is 9.53 Å². The van der Waals surface area contributed by atoms with Gasteiger partial charge >= 0.3 is 0 Å². The first-order valence-electron chi connectivity index (χ1n) is 8.51. The molecule has 1 aliphatic heterocycles. The second-order valence-corrected chi connectivity index (χ2v) is 6.30. The van der Waals surface area contributed by atoms with Crippen LogP contribution in [0.4, 0.5) is 0 Å². The highest BCUT2D eigenvalue weighted by atomic mass is 16.5. The largest absolute Gasteiger partial charge is 0.367 e. The van der Waals surface area contributed by atoms with Gasteiger partial charge in [-0.2, -0.15) is 5.10 Å². The van der Waals surface area contributed by atoms with Crippen LogP contribution in [0, 0.1) is 0 Å². The number of ether oxygens (including phenoxy) is 1. The smallest absolute Gasteiger partial charge is 0.254 e. The lowest BCUT2D eigenvalue weighted by molar-refractivity contribution is -0.0691. The third-order valence-corrected chi connectivity index (χ3v) is 4.36. The zero-order chi connectivity index (χ0) is 17.9. The minimum Gasteiger partial charge on any atom is -0.367 e. The molecule has 1 aromatic carbocycles. The molecule has 1 saturated heterocycles. The molecule has 4 rings (SSSR count). The van der Waals surface area contributed by atoms with E-state index in [1.54, 1.807) is 24.7 Å². The molecule has 0 spiro atoms. The van der Waals surface area contributed by atoms with Gasteiger partial charge in [0.25, 0.3) is 5.91 Å². The maximum atomic E-state index is 13.0. The van der Waals surface area contributed by atoms with E-state index in [1.807, 2.05) is 42.2 Å². The molecule has 2 unspecified atom stereocenters. The number of hydrogen-bond donors (Lipinski definition) is 0. The third kappa shape index (κ3) is 3.34. The normalized spacial score (nSPS) is 20.1. The zero-order valence-electron chi connectivity index (χ0n) is 14.4. The summed E-state index contributed by atoms with van der Waals surface area (Å²) in [5.41, 5.74) is 1.65. The molecule has 2 aromatic heterocycles. The number of pyridine rings is 1. The highest BCUT2D eigenvalue weighted by Crippen LogP contribution is 2.26. The van der Waals surface area contributed by atoms with Crippen LogP contribution in [0.25, 0.3) is 5.82 Å². The van der Waals surface area contributed by atoms with Crippen LogP contribution in [0.5, 0.6) is 0 Å². The number of carbonyl (C=O) groups is 1. The Kier molecular flexibility index (Phi) is 4.45. The Morgan fingerprint density at radius 1 is 1.19 bits per heavy atom. The van der Waals surface area contributed by atoms with Gasteiger partial charge < -0.3 is 9.64 Å². The van der Waals surface area contributed by atoms with Gasteiger partial charge in [-0.3, -0.25) is 4.79 Å². The highest BCUT2D eigenvalue weighted by Gasteiger charge is 2.30. The van der Waals surface area contributed by atoms with Crippen LogP contribution in [-0.4, -0.2) is 49.7 Å². The fraction of sp³-hybridized carbons (Fsp3) is 0.263. The second-order valence-electron chi connectivity index (χ2n) is 6.30. The van der Waals surface area contributed by atoms with Crippen molar-refractivity contribution in [2.75, 3.05) is 13.1 Å². The average Bonchev–Trinajstić information content (AvgIpc) is 3.23. The SMILES string of the molecule is CC1CN(C(=O)c2ccnc(-n3cncn3)c2)CC(c2ccccc2)O1. The van der Waals surface area contributed by atoms with Crippen LogP contribution in [-0.2, 0) is 4.74 Å². The molecule has 7 nitrogen and oxygen atoms in total. The maximum Gasteiger partial charge on any atom is 0.254 e. The molecule has 132 valence electrons. The van der Waals surface area contributed by atoms with E-state index in [2.05, 4.69) is 15.1 Å². The van der Waals surface area contributed by atoms with Crippen LogP contribution in [0.15, 0.2) is 61.3 Å². The first-order valence-corrected chi connectivity index (χ1v) is 8.51. The lowest BCUT2D eigenvalue weighted by atomic mass is 10.1. The van der Waals surface area contributed by atoms with Crippen LogP contribution < -0.4 is 0 Å². The van der Waals surface area contributed by atoms with Crippen molar-refractivity contribution in [2.24, 2.45) is 0 Å². The summed E-state index contributed by atoms with van der Waals surface area (Å²) in [5, 5.41) is 4.06. The van der Waals surface area contributed by atoms with Crippen molar-refractivity contribution in [1.82, 2.24) is 24.6 Å². The number of amides is 1. The van der Waals surface area contributed by atoms with Gasteiger partial charge in [-0.05, 0) is 24.6 Å². The summed E-state index contributed by atoms with van der Waals surface area (Å²) in [6, 6.07) is 13.5. The van der Waals surface area contributed by atoms with Crippen LogP contribution in [0.3, 0.4) is 0 Å². The Balaban J connectivity index is 1.57. The molecular weight excluding hydrogens is 330 g/mol. The average molecular weight is 349 g/mol. The van der Waals surface area contributed by atoms with Crippen LogP contribution >= 0.6 is 0 Å². The molecule has 0 N–H and O–H groups in total. The molecule has 0 aliphatic carbocycles. The summed E-state index contributed by atoms with van der Waals surface area (Å²) in [4.78, 5) is 23.0. The minimum atomic E-state index is -0.125. The molecular formula is C19H19N5O2. The maximum absolute atomic E-state index is 13.0. The van der Waals surface area contributed by atoms with E-state index in [0.29, 0.717) is 24.5 Å². The van der Waals surface area contributed by atoms with Gasteiger partial charge in [-0.15, -0.1) is 0 Å². The van der Waals surface area contributed by atoms with Gasteiger partial charge in [0.15, 0.2) is 5.82 Å². The molecule has 0 bridgehead atoms. The number of rotatable bonds is 3. The van der Waals surface area contributed by atoms with E-state index >= 15 is 0 Å². The first kappa shape index (κ1) is 16.4. The van der Waals surface area contributed by atoms with Crippen molar-refractivity contribution in [3.8, 4) is 5.82 Å². The second kappa shape index (κ2) is 7.05. The standard InChI is InChI=1S/C19H19N5O2/c1-14-10-23(11-17(26-14)15-5-3-2-4-6-15)19(25)16-7-8-21-18(9-16)24-13-20-12-22-24/h2-9,12-14,17H,10-11H2,1H3. The van der Waals surface area contributed by atoms with E-state index in [4.69, 9.17) is 4.74 Å². The molecule has 3 aromatic rings. The van der Waals surface area contributed by atoms with E-state index in [-0.39, 0.29) is 18.1 Å². The van der Waals surface area contributed by atoms with Crippen molar-refractivity contribution >= 4 is 5.91 Å². The summed E-state index contributed by atoms with van der Waals surface area (Å²) >= 11 is 0. The lowest BCUT2D eigenvalue weighted by Gasteiger charge is -2.37. The van der Waals surface area contributed by atoms with Crippen LogP contribution in [0.2, 0.25) is 0 Å².